The third kappa shape index (κ3) is 2.15. The molecule has 102 valence electrons. The van der Waals surface area contributed by atoms with Crippen molar-refractivity contribution >= 4 is 34.9 Å². The van der Waals surface area contributed by atoms with Gasteiger partial charge >= 0.3 is 0 Å². The lowest BCUT2D eigenvalue weighted by Gasteiger charge is -2.15. The summed E-state index contributed by atoms with van der Waals surface area (Å²) in [6.45, 7) is 2.01. The molecule has 0 amide bonds. The number of nitrogens with zero attached hydrogens (tertiary/aromatic N) is 1. The molecule has 20 heavy (non-hydrogen) atoms. The summed E-state index contributed by atoms with van der Waals surface area (Å²) in [6.07, 6.45) is 0. The molecule has 2 aromatic carbocycles. The SMILES string of the molecule is CC(c1cccc(Cl)c1)n1c(=S)[nH]c2c(F)cccc21. The Kier molecular flexibility index (Phi) is 3.36. The van der Waals surface area contributed by atoms with E-state index in [2.05, 4.69) is 4.98 Å². The zero-order valence-electron chi connectivity index (χ0n) is 10.7. The molecular formula is C15H12ClFN2S. The Bertz CT molecular complexity index is 837. The molecule has 0 bridgehead atoms. The maximum Gasteiger partial charge on any atom is 0.178 e. The minimum absolute atomic E-state index is 0.0308. The highest BCUT2D eigenvalue weighted by atomic mass is 35.5. The highest BCUT2D eigenvalue weighted by Gasteiger charge is 2.15. The molecule has 1 aromatic heterocycles. The lowest BCUT2D eigenvalue weighted by Crippen LogP contribution is -2.06. The number of imidazole rings is 1. The number of aromatic nitrogens is 2. The summed E-state index contributed by atoms with van der Waals surface area (Å²) in [6, 6.07) is 12.5. The van der Waals surface area contributed by atoms with Crippen LogP contribution in [0.15, 0.2) is 42.5 Å². The van der Waals surface area contributed by atoms with E-state index in [1.807, 2.05) is 41.8 Å². The fourth-order valence-electron chi connectivity index (χ4n) is 2.41. The van der Waals surface area contributed by atoms with Crippen molar-refractivity contribution in [3.8, 4) is 0 Å². The summed E-state index contributed by atoms with van der Waals surface area (Å²) in [7, 11) is 0. The van der Waals surface area contributed by atoms with E-state index in [1.54, 1.807) is 6.07 Å². The molecule has 1 heterocycles. The lowest BCUT2D eigenvalue weighted by atomic mass is 10.1. The summed E-state index contributed by atoms with van der Waals surface area (Å²) in [5.41, 5.74) is 2.22. The third-order valence-corrected chi connectivity index (χ3v) is 3.95. The molecule has 0 spiro atoms. The molecule has 0 radical (unpaired) electrons. The Morgan fingerprint density at radius 3 is 2.75 bits per heavy atom. The number of fused-ring (bicyclic) bond motifs is 1. The average Bonchev–Trinajstić information content (AvgIpc) is 2.76. The number of H-pyrrole nitrogens is 1. The number of rotatable bonds is 2. The second kappa shape index (κ2) is 5.04. The van der Waals surface area contributed by atoms with Gasteiger partial charge in [-0.05, 0) is 49.0 Å². The molecule has 5 heteroatoms. The van der Waals surface area contributed by atoms with E-state index in [1.165, 1.54) is 6.07 Å². The zero-order chi connectivity index (χ0) is 14.3. The number of aromatic amines is 1. The lowest BCUT2D eigenvalue weighted by molar-refractivity contribution is 0.636. The van der Waals surface area contributed by atoms with Crippen molar-refractivity contribution < 1.29 is 4.39 Å². The summed E-state index contributed by atoms with van der Waals surface area (Å²) in [4.78, 5) is 2.93. The van der Waals surface area contributed by atoms with E-state index in [4.69, 9.17) is 23.8 Å². The molecule has 0 saturated heterocycles. The Morgan fingerprint density at radius 2 is 2.00 bits per heavy atom. The monoisotopic (exact) mass is 306 g/mol. The van der Waals surface area contributed by atoms with Crippen LogP contribution < -0.4 is 0 Å². The van der Waals surface area contributed by atoms with Crippen LogP contribution in [-0.4, -0.2) is 9.55 Å². The summed E-state index contributed by atoms with van der Waals surface area (Å²) in [5.74, 6) is -0.300. The van der Waals surface area contributed by atoms with Crippen LogP contribution in [0.2, 0.25) is 5.02 Å². The normalized spacial score (nSPS) is 12.8. The molecule has 3 rings (SSSR count). The molecule has 0 aliphatic rings. The van der Waals surface area contributed by atoms with Gasteiger partial charge in [-0.15, -0.1) is 0 Å². The Balaban J connectivity index is 2.22. The standard InChI is InChI=1S/C15H12ClFN2S/c1-9(10-4-2-5-11(16)8-10)19-13-7-3-6-12(17)14(13)18-15(19)20/h2-9H,1H3,(H,18,20). The van der Waals surface area contributed by atoms with Crippen LogP contribution in [0.4, 0.5) is 4.39 Å². The van der Waals surface area contributed by atoms with E-state index in [0.717, 1.165) is 11.1 Å². The first kappa shape index (κ1) is 13.3. The predicted molar refractivity (Wildman–Crippen MR) is 82.3 cm³/mol. The third-order valence-electron chi connectivity index (χ3n) is 3.42. The highest BCUT2D eigenvalue weighted by Crippen LogP contribution is 2.26. The molecule has 0 fully saturated rings. The Labute approximate surface area is 125 Å². The van der Waals surface area contributed by atoms with Gasteiger partial charge in [-0.3, -0.25) is 0 Å². The van der Waals surface area contributed by atoms with Crippen LogP contribution >= 0.6 is 23.8 Å². The van der Waals surface area contributed by atoms with Crippen molar-refractivity contribution in [2.24, 2.45) is 0 Å². The van der Waals surface area contributed by atoms with Crippen molar-refractivity contribution in [2.75, 3.05) is 0 Å². The van der Waals surface area contributed by atoms with Crippen LogP contribution in [0.25, 0.3) is 11.0 Å². The van der Waals surface area contributed by atoms with Crippen LogP contribution in [0.1, 0.15) is 18.5 Å². The fraction of sp³-hybridized carbons (Fsp3) is 0.133. The number of para-hydroxylation sites is 1. The van der Waals surface area contributed by atoms with Gasteiger partial charge in [-0.1, -0.05) is 29.8 Å². The molecule has 1 unspecified atom stereocenters. The second-order valence-electron chi connectivity index (χ2n) is 4.67. The van der Waals surface area contributed by atoms with Crippen LogP contribution in [0.5, 0.6) is 0 Å². The number of benzene rings is 2. The average molecular weight is 307 g/mol. The van der Waals surface area contributed by atoms with E-state index in [9.17, 15) is 4.39 Å². The first-order valence-electron chi connectivity index (χ1n) is 6.22. The maximum absolute atomic E-state index is 13.8. The first-order valence-corrected chi connectivity index (χ1v) is 7.01. The molecule has 1 atom stereocenters. The quantitative estimate of drug-likeness (QED) is 0.653. The number of halogens is 2. The predicted octanol–water partition coefficient (Wildman–Crippen LogP) is 5.10. The number of hydrogen-bond donors (Lipinski definition) is 1. The Morgan fingerprint density at radius 1 is 1.25 bits per heavy atom. The summed E-state index contributed by atoms with van der Waals surface area (Å²) in [5, 5.41) is 0.673. The minimum atomic E-state index is -0.300. The highest BCUT2D eigenvalue weighted by molar-refractivity contribution is 7.71. The molecule has 2 nitrogen and oxygen atoms in total. The van der Waals surface area contributed by atoms with E-state index in [-0.39, 0.29) is 11.9 Å². The van der Waals surface area contributed by atoms with Gasteiger partial charge < -0.3 is 9.55 Å². The van der Waals surface area contributed by atoms with Gasteiger partial charge in [0, 0.05) is 5.02 Å². The van der Waals surface area contributed by atoms with Crippen LogP contribution in [0, 0.1) is 10.6 Å². The van der Waals surface area contributed by atoms with Gasteiger partial charge in [-0.25, -0.2) is 4.39 Å². The van der Waals surface area contributed by atoms with Gasteiger partial charge in [0.2, 0.25) is 0 Å². The molecular weight excluding hydrogens is 295 g/mol. The van der Waals surface area contributed by atoms with Gasteiger partial charge in [0.15, 0.2) is 4.77 Å². The van der Waals surface area contributed by atoms with Gasteiger partial charge in [-0.2, -0.15) is 0 Å². The first-order chi connectivity index (χ1) is 9.58. The molecule has 3 aromatic rings. The van der Waals surface area contributed by atoms with Crippen molar-refractivity contribution in [1.82, 2.24) is 9.55 Å². The molecule has 0 aliphatic carbocycles. The van der Waals surface area contributed by atoms with E-state index in [0.29, 0.717) is 15.3 Å². The maximum atomic E-state index is 13.8. The van der Waals surface area contributed by atoms with Crippen molar-refractivity contribution in [2.45, 2.75) is 13.0 Å². The minimum Gasteiger partial charge on any atom is -0.328 e. The van der Waals surface area contributed by atoms with E-state index < -0.39 is 0 Å². The van der Waals surface area contributed by atoms with E-state index >= 15 is 0 Å². The second-order valence-corrected chi connectivity index (χ2v) is 5.49. The number of nitrogens with one attached hydrogen (secondary N) is 1. The smallest absolute Gasteiger partial charge is 0.178 e. The zero-order valence-corrected chi connectivity index (χ0v) is 12.3. The summed E-state index contributed by atoms with van der Waals surface area (Å²) < 4.78 is 16.2. The Hall–Kier alpha value is -1.65. The molecule has 0 aliphatic heterocycles. The number of hydrogen-bond acceptors (Lipinski definition) is 1. The summed E-state index contributed by atoms with van der Waals surface area (Å²) >= 11 is 11.4. The topological polar surface area (TPSA) is 20.7 Å². The van der Waals surface area contributed by atoms with Gasteiger partial charge in [0.05, 0.1) is 11.6 Å². The molecule has 0 saturated carbocycles. The van der Waals surface area contributed by atoms with Gasteiger partial charge in [0.1, 0.15) is 11.3 Å². The van der Waals surface area contributed by atoms with Crippen molar-refractivity contribution in [3.63, 3.8) is 0 Å². The van der Waals surface area contributed by atoms with Gasteiger partial charge in [0.25, 0.3) is 0 Å². The van der Waals surface area contributed by atoms with Crippen molar-refractivity contribution in [3.05, 3.63) is 63.6 Å². The largest absolute Gasteiger partial charge is 0.328 e. The molecule has 1 N–H and O–H groups in total. The fourth-order valence-corrected chi connectivity index (χ4v) is 2.97. The van der Waals surface area contributed by atoms with Crippen LogP contribution in [-0.2, 0) is 0 Å². The van der Waals surface area contributed by atoms with Crippen LogP contribution in [0.3, 0.4) is 0 Å². The van der Waals surface area contributed by atoms with Crippen molar-refractivity contribution in [1.29, 1.82) is 0 Å².